The Morgan fingerprint density at radius 2 is 2.12 bits per heavy atom. The van der Waals surface area contributed by atoms with Crippen molar-refractivity contribution < 1.29 is 13.9 Å². The summed E-state index contributed by atoms with van der Waals surface area (Å²) in [5.74, 6) is -1.34. The van der Waals surface area contributed by atoms with Crippen LogP contribution in [0.2, 0.25) is 5.02 Å². The molecule has 1 aromatic carbocycles. The summed E-state index contributed by atoms with van der Waals surface area (Å²) in [4.78, 5) is 11.2. The molecule has 17 heavy (non-hydrogen) atoms. The molecule has 0 aliphatic heterocycles. The highest BCUT2D eigenvalue weighted by Gasteiger charge is 2.19. The first kappa shape index (κ1) is 13.4. The molecule has 0 aromatic heterocycles. The second kappa shape index (κ2) is 5.09. The summed E-state index contributed by atoms with van der Waals surface area (Å²) in [6.45, 7) is 1.51. The standard InChI is InChI=1S/C10H13ClFN3O2/c1-4(10(16)17-2)15-9-6(14)3-5(13)7(11)8(9)12/h3-4,15H,13-14H2,1-2H3. The number of nitrogen functional groups attached to an aromatic ring is 2. The van der Waals surface area contributed by atoms with Crippen LogP contribution in [0, 0.1) is 5.82 Å². The molecular formula is C10H13ClFN3O2. The predicted molar refractivity (Wildman–Crippen MR) is 65.3 cm³/mol. The number of hydrogen-bond donors (Lipinski definition) is 3. The number of hydrogen-bond acceptors (Lipinski definition) is 5. The Balaban J connectivity index is 3.07. The lowest BCUT2D eigenvalue weighted by atomic mass is 10.2. The van der Waals surface area contributed by atoms with Crippen molar-refractivity contribution in [1.29, 1.82) is 0 Å². The van der Waals surface area contributed by atoms with Crippen LogP contribution in [-0.2, 0) is 9.53 Å². The van der Waals surface area contributed by atoms with Gasteiger partial charge < -0.3 is 21.5 Å². The molecule has 1 rings (SSSR count). The molecule has 0 amide bonds. The molecular weight excluding hydrogens is 249 g/mol. The lowest BCUT2D eigenvalue weighted by Crippen LogP contribution is -2.28. The maximum atomic E-state index is 13.7. The van der Waals surface area contributed by atoms with Crippen LogP contribution in [0.15, 0.2) is 6.07 Å². The number of ether oxygens (including phenoxy) is 1. The highest BCUT2D eigenvalue weighted by molar-refractivity contribution is 6.33. The first-order valence-corrected chi connectivity index (χ1v) is 5.13. The van der Waals surface area contributed by atoms with Crippen LogP contribution in [0.25, 0.3) is 0 Å². The average molecular weight is 262 g/mol. The van der Waals surface area contributed by atoms with Gasteiger partial charge in [0.05, 0.1) is 24.2 Å². The summed E-state index contributed by atoms with van der Waals surface area (Å²) in [5, 5.41) is 2.35. The zero-order chi connectivity index (χ0) is 13.2. The van der Waals surface area contributed by atoms with Gasteiger partial charge in [-0.25, -0.2) is 9.18 Å². The maximum absolute atomic E-state index is 13.7. The van der Waals surface area contributed by atoms with Crippen LogP contribution in [0.1, 0.15) is 6.92 Å². The van der Waals surface area contributed by atoms with Gasteiger partial charge in [-0.3, -0.25) is 0 Å². The number of methoxy groups -OCH3 is 1. The lowest BCUT2D eigenvalue weighted by Gasteiger charge is -2.16. The molecule has 0 heterocycles. The van der Waals surface area contributed by atoms with Gasteiger partial charge >= 0.3 is 5.97 Å². The van der Waals surface area contributed by atoms with E-state index in [2.05, 4.69) is 10.1 Å². The smallest absolute Gasteiger partial charge is 0.327 e. The molecule has 1 unspecified atom stereocenters. The van der Waals surface area contributed by atoms with Gasteiger partial charge in [0.2, 0.25) is 0 Å². The van der Waals surface area contributed by atoms with Crippen molar-refractivity contribution in [2.75, 3.05) is 23.9 Å². The first-order chi connectivity index (χ1) is 7.88. The van der Waals surface area contributed by atoms with Crippen LogP contribution >= 0.6 is 11.6 Å². The van der Waals surface area contributed by atoms with Gasteiger partial charge in [0, 0.05) is 0 Å². The number of benzene rings is 1. The molecule has 0 aliphatic carbocycles. The van der Waals surface area contributed by atoms with Crippen LogP contribution in [0.4, 0.5) is 21.5 Å². The Hall–Kier alpha value is -1.69. The van der Waals surface area contributed by atoms with Gasteiger partial charge in [-0.1, -0.05) is 11.6 Å². The molecule has 7 heteroatoms. The number of nitrogens with one attached hydrogen (secondary N) is 1. The van der Waals surface area contributed by atoms with Crippen molar-refractivity contribution in [1.82, 2.24) is 0 Å². The first-order valence-electron chi connectivity index (χ1n) is 4.75. The summed E-state index contributed by atoms with van der Waals surface area (Å²) in [6, 6.07) is 0.564. The summed E-state index contributed by atoms with van der Waals surface area (Å²) in [7, 11) is 1.23. The topological polar surface area (TPSA) is 90.4 Å². The van der Waals surface area contributed by atoms with E-state index in [9.17, 15) is 9.18 Å². The number of nitrogens with two attached hydrogens (primary N) is 2. The Morgan fingerprint density at radius 1 is 1.53 bits per heavy atom. The molecule has 0 aliphatic rings. The van der Waals surface area contributed by atoms with Crippen LogP contribution < -0.4 is 16.8 Å². The van der Waals surface area contributed by atoms with E-state index in [1.165, 1.54) is 20.1 Å². The van der Waals surface area contributed by atoms with E-state index in [-0.39, 0.29) is 22.1 Å². The third-order valence-corrected chi connectivity index (χ3v) is 2.57. The molecule has 0 bridgehead atoms. The largest absolute Gasteiger partial charge is 0.467 e. The SMILES string of the molecule is COC(=O)C(C)Nc1c(N)cc(N)c(Cl)c1F. The average Bonchev–Trinajstić information content (AvgIpc) is 2.30. The van der Waals surface area contributed by atoms with Crippen LogP contribution in [-0.4, -0.2) is 19.1 Å². The quantitative estimate of drug-likeness (QED) is 0.568. The van der Waals surface area contributed by atoms with E-state index < -0.39 is 17.8 Å². The van der Waals surface area contributed by atoms with E-state index in [1.54, 1.807) is 0 Å². The highest BCUT2D eigenvalue weighted by Crippen LogP contribution is 2.33. The molecule has 0 saturated heterocycles. The number of carbonyl (C=O) groups is 1. The fraction of sp³-hybridized carbons (Fsp3) is 0.300. The zero-order valence-electron chi connectivity index (χ0n) is 9.38. The molecule has 1 atom stereocenters. The maximum Gasteiger partial charge on any atom is 0.327 e. The van der Waals surface area contributed by atoms with Gasteiger partial charge in [-0.15, -0.1) is 0 Å². The Morgan fingerprint density at radius 3 is 2.65 bits per heavy atom. The van der Waals surface area contributed by atoms with Crippen molar-refractivity contribution in [2.45, 2.75) is 13.0 Å². The van der Waals surface area contributed by atoms with Gasteiger partial charge in [-0.05, 0) is 13.0 Å². The number of halogens is 2. The molecule has 0 fully saturated rings. The van der Waals surface area contributed by atoms with E-state index in [0.717, 1.165) is 0 Å². The molecule has 0 spiro atoms. The number of esters is 1. The number of rotatable bonds is 3. The normalized spacial score (nSPS) is 12.0. The summed E-state index contributed by atoms with van der Waals surface area (Å²) < 4.78 is 18.2. The Labute approximate surface area is 103 Å². The van der Waals surface area contributed by atoms with Crippen molar-refractivity contribution in [3.8, 4) is 0 Å². The van der Waals surface area contributed by atoms with E-state index >= 15 is 0 Å². The minimum Gasteiger partial charge on any atom is -0.467 e. The summed E-state index contributed by atoms with van der Waals surface area (Å²) in [6.07, 6.45) is 0. The molecule has 1 aromatic rings. The van der Waals surface area contributed by atoms with Crippen molar-refractivity contribution in [3.05, 3.63) is 16.9 Å². The van der Waals surface area contributed by atoms with Crippen LogP contribution in [0.3, 0.4) is 0 Å². The Bertz CT molecular complexity index is 454. The fourth-order valence-electron chi connectivity index (χ4n) is 1.27. The monoisotopic (exact) mass is 261 g/mol. The fourth-order valence-corrected chi connectivity index (χ4v) is 1.41. The van der Waals surface area contributed by atoms with Crippen molar-refractivity contribution in [2.24, 2.45) is 0 Å². The highest BCUT2D eigenvalue weighted by atomic mass is 35.5. The zero-order valence-corrected chi connectivity index (χ0v) is 10.1. The van der Waals surface area contributed by atoms with Gasteiger partial charge in [0.1, 0.15) is 11.1 Å². The minimum absolute atomic E-state index is 0.0398. The third-order valence-electron chi connectivity index (χ3n) is 2.18. The second-order valence-corrected chi connectivity index (χ2v) is 3.83. The summed E-state index contributed by atoms with van der Waals surface area (Å²) in [5.41, 5.74) is 11.1. The molecule has 0 radical (unpaired) electrons. The lowest BCUT2D eigenvalue weighted by molar-refractivity contribution is -0.141. The number of anilines is 3. The Kier molecular flexibility index (Phi) is 4.01. The molecule has 0 saturated carbocycles. The second-order valence-electron chi connectivity index (χ2n) is 3.45. The minimum atomic E-state index is -0.792. The van der Waals surface area contributed by atoms with E-state index in [4.69, 9.17) is 23.1 Å². The summed E-state index contributed by atoms with van der Waals surface area (Å²) >= 11 is 5.64. The van der Waals surface area contributed by atoms with E-state index in [0.29, 0.717) is 0 Å². The molecule has 5 N–H and O–H groups in total. The van der Waals surface area contributed by atoms with Gasteiger partial charge in [0.15, 0.2) is 5.82 Å². The molecule has 94 valence electrons. The predicted octanol–water partition coefficient (Wildman–Crippen LogP) is 1.62. The van der Waals surface area contributed by atoms with Crippen molar-refractivity contribution >= 4 is 34.6 Å². The van der Waals surface area contributed by atoms with Gasteiger partial charge in [-0.2, -0.15) is 0 Å². The van der Waals surface area contributed by atoms with Crippen LogP contribution in [0.5, 0.6) is 0 Å². The van der Waals surface area contributed by atoms with Crippen molar-refractivity contribution in [3.63, 3.8) is 0 Å². The molecule has 5 nitrogen and oxygen atoms in total. The number of carbonyl (C=O) groups excluding carboxylic acids is 1. The third kappa shape index (κ3) is 2.71. The van der Waals surface area contributed by atoms with Gasteiger partial charge in [0.25, 0.3) is 0 Å². The van der Waals surface area contributed by atoms with E-state index in [1.807, 2.05) is 0 Å².